The molecule has 0 saturated carbocycles. The van der Waals surface area contributed by atoms with E-state index in [9.17, 15) is 0 Å². The standard InChI is InChI=1S/C16H17N/c1-16(2)10-11-7-8-12(17)9-14(11)13-5-3-4-6-15(13)16/h3-9H,10,17H2,1-2H3. The van der Waals surface area contributed by atoms with Gasteiger partial charge in [-0.05, 0) is 46.2 Å². The second-order valence-electron chi connectivity index (χ2n) is 5.52. The molecule has 1 aliphatic rings. The summed E-state index contributed by atoms with van der Waals surface area (Å²) in [4.78, 5) is 0. The summed E-state index contributed by atoms with van der Waals surface area (Å²) in [6.07, 6.45) is 1.08. The Balaban J connectivity index is 2.33. The lowest BCUT2D eigenvalue weighted by Crippen LogP contribution is -2.25. The van der Waals surface area contributed by atoms with Crippen LogP contribution in [0.25, 0.3) is 11.1 Å². The molecular formula is C16H17N. The number of anilines is 1. The van der Waals surface area contributed by atoms with Crippen molar-refractivity contribution in [2.24, 2.45) is 0 Å². The lowest BCUT2D eigenvalue weighted by atomic mass is 9.70. The summed E-state index contributed by atoms with van der Waals surface area (Å²) in [6, 6.07) is 14.9. The molecule has 0 unspecified atom stereocenters. The molecule has 0 spiro atoms. The van der Waals surface area contributed by atoms with Crippen LogP contribution in [0.15, 0.2) is 42.5 Å². The molecule has 1 nitrogen and oxygen atoms in total. The van der Waals surface area contributed by atoms with Crippen molar-refractivity contribution in [3.05, 3.63) is 53.6 Å². The first-order valence-corrected chi connectivity index (χ1v) is 6.06. The minimum Gasteiger partial charge on any atom is -0.399 e. The predicted molar refractivity (Wildman–Crippen MR) is 73.0 cm³/mol. The first-order valence-electron chi connectivity index (χ1n) is 6.06. The van der Waals surface area contributed by atoms with Crippen LogP contribution in [0, 0.1) is 0 Å². The summed E-state index contributed by atoms with van der Waals surface area (Å²) in [5, 5.41) is 0. The van der Waals surface area contributed by atoms with E-state index in [4.69, 9.17) is 5.73 Å². The van der Waals surface area contributed by atoms with Crippen LogP contribution in [0.3, 0.4) is 0 Å². The lowest BCUT2D eigenvalue weighted by molar-refractivity contribution is 0.517. The van der Waals surface area contributed by atoms with E-state index in [2.05, 4.69) is 50.2 Å². The highest BCUT2D eigenvalue weighted by Gasteiger charge is 2.30. The van der Waals surface area contributed by atoms with Crippen molar-refractivity contribution in [3.63, 3.8) is 0 Å². The van der Waals surface area contributed by atoms with E-state index in [1.165, 1.54) is 22.3 Å². The zero-order valence-corrected chi connectivity index (χ0v) is 10.3. The molecule has 2 aromatic carbocycles. The zero-order valence-electron chi connectivity index (χ0n) is 10.3. The van der Waals surface area contributed by atoms with Gasteiger partial charge in [-0.25, -0.2) is 0 Å². The maximum Gasteiger partial charge on any atom is 0.0320 e. The molecule has 17 heavy (non-hydrogen) atoms. The Bertz CT molecular complexity index is 582. The van der Waals surface area contributed by atoms with Crippen molar-refractivity contribution in [2.75, 3.05) is 5.73 Å². The molecule has 0 aromatic heterocycles. The highest BCUT2D eigenvalue weighted by Crippen LogP contribution is 2.43. The van der Waals surface area contributed by atoms with Gasteiger partial charge in [0.05, 0.1) is 0 Å². The van der Waals surface area contributed by atoms with Gasteiger partial charge in [0.15, 0.2) is 0 Å². The maximum atomic E-state index is 5.91. The summed E-state index contributed by atoms with van der Waals surface area (Å²) >= 11 is 0. The van der Waals surface area contributed by atoms with Gasteiger partial charge >= 0.3 is 0 Å². The van der Waals surface area contributed by atoms with Crippen LogP contribution in [0.2, 0.25) is 0 Å². The van der Waals surface area contributed by atoms with Gasteiger partial charge in [-0.3, -0.25) is 0 Å². The Labute approximate surface area is 102 Å². The van der Waals surface area contributed by atoms with E-state index in [1.807, 2.05) is 6.07 Å². The zero-order chi connectivity index (χ0) is 12.0. The fraction of sp³-hybridized carbons (Fsp3) is 0.250. The van der Waals surface area contributed by atoms with Crippen LogP contribution < -0.4 is 5.73 Å². The average Bonchev–Trinajstić information content (AvgIpc) is 2.30. The molecule has 0 radical (unpaired) electrons. The Hall–Kier alpha value is -1.76. The minimum absolute atomic E-state index is 0.208. The van der Waals surface area contributed by atoms with Gasteiger partial charge < -0.3 is 5.73 Å². The Morgan fingerprint density at radius 1 is 1.00 bits per heavy atom. The number of nitrogens with two attached hydrogens (primary N) is 1. The predicted octanol–water partition coefficient (Wildman–Crippen LogP) is 3.77. The molecule has 0 saturated heterocycles. The fourth-order valence-corrected chi connectivity index (χ4v) is 2.88. The largest absolute Gasteiger partial charge is 0.399 e. The third-order valence-electron chi connectivity index (χ3n) is 3.71. The molecule has 3 rings (SSSR count). The Morgan fingerprint density at radius 3 is 2.59 bits per heavy atom. The quantitative estimate of drug-likeness (QED) is 0.676. The number of hydrogen-bond donors (Lipinski definition) is 1. The van der Waals surface area contributed by atoms with Crippen molar-refractivity contribution in [1.29, 1.82) is 0 Å². The summed E-state index contributed by atoms with van der Waals surface area (Å²) < 4.78 is 0. The van der Waals surface area contributed by atoms with Crippen molar-refractivity contribution >= 4 is 5.69 Å². The van der Waals surface area contributed by atoms with Crippen molar-refractivity contribution in [2.45, 2.75) is 25.7 Å². The molecule has 1 aliphatic carbocycles. The topological polar surface area (TPSA) is 26.0 Å². The number of fused-ring (bicyclic) bond motifs is 3. The summed E-state index contributed by atoms with van der Waals surface area (Å²) in [6.45, 7) is 4.62. The second kappa shape index (κ2) is 3.36. The van der Waals surface area contributed by atoms with Crippen LogP contribution in [-0.4, -0.2) is 0 Å². The monoisotopic (exact) mass is 223 g/mol. The lowest BCUT2D eigenvalue weighted by Gasteiger charge is -2.34. The summed E-state index contributed by atoms with van der Waals surface area (Å²) in [5.74, 6) is 0. The third kappa shape index (κ3) is 1.54. The fourth-order valence-electron chi connectivity index (χ4n) is 2.88. The van der Waals surface area contributed by atoms with E-state index < -0.39 is 0 Å². The maximum absolute atomic E-state index is 5.91. The van der Waals surface area contributed by atoms with E-state index in [1.54, 1.807) is 0 Å². The van der Waals surface area contributed by atoms with Gasteiger partial charge in [-0.15, -0.1) is 0 Å². The first-order chi connectivity index (χ1) is 8.08. The van der Waals surface area contributed by atoms with Gasteiger partial charge in [-0.2, -0.15) is 0 Å². The summed E-state index contributed by atoms with van der Waals surface area (Å²) in [7, 11) is 0. The molecule has 0 fully saturated rings. The third-order valence-corrected chi connectivity index (χ3v) is 3.71. The number of hydrogen-bond acceptors (Lipinski definition) is 1. The number of rotatable bonds is 0. The molecule has 1 heteroatoms. The molecular weight excluding hydrogens is 206 g/mol. The van der Waals surface area contributed by atoms with Crippen LogP contribution in [0.4, 0.5) is 5.69 Å². The minimum atomic E-state index is 0.208. The summed E-state index contributed by atoms with van der Waals surface area (Å²) in [5.41, 5.74) is 12.4. The molecule has 0 atom stereocenters. The van der Waals surface area contributed by atoms with Crippen LogP contribution >= 0.6 is 0 Å². The highest BCUT2D eigenvalue weighted by molar-refractivity contribution is 5.77. The van der Waals surface area contributed by atoms with E-state index in [0.29, 0.717) is 0 Å². The molecule has 2 N–H and O–H groups in total. The Morgan fingerprint density at radius 2 is 1.76 bits per heavy atom. The van der Waals surface area contributed by atoms with Gasteiger partial charge in [0.1, 0.15) is 0 Å². The van der Waals surface area contributed by atoms with E-state index in [0.717, 1.165) is 12.1 Å². The van der Waals surface area contributed by atoms with Crippen LogP contribution in [0.1, 0.15) is 25.0 Å². The van der Waals surface area contributed by atoms with Gasteiger partial charge in [0.25, 0.3) is 0 Å². The molecule has 0 aliphatic heterocycles. The smallest absolute Gasteiger partial charge is 0.0320 e. The molecule has 86 valence electrons. The number of benzene rings is 2. The van der Waals surface area contributed by atoms with Gasteiger partial charge in [-0.1, -0.05) is 44.2 Å². The van der Waals surface area contributed by atoms with Gasteiger partial charge in [0.2, 0.25) is 0 Å². The Kier molecular flexibility index (Phi) is 2.06. The average molecular weight is 223 g/mol. The molecule has 0 amide bonds. The van der Waals surface area contributed by atoms with Crippen molar-refractivity contribution in [1.82, 2.24) is 0 Å². The van der Waals surface area contributed by atoms with Crippen LogP contribution in [-0.2, 0) is 11.8 Å². The second-order valence-corrected chi connectivity index (χ2v) is 5.52. The highest BCUT2D eigenvalue weighted by atomic mass is 14.5. The van der Waals surface area contributed by atoms with E-state index in [-0.39, 0.29) is 5.41 Å². The molecule has 0 bridgehead atoms. The molecule has 2 aromatic rings. The van der Waals surface area contributed by atoms with E-state index >= 15 is 0 Å². The molecule has 0 heterocycles. The normalized spacial score (nSPS) is 16.1. The first kappa shape index (κ1) is 10.4. The van der Waals surface area contributed by atoms with Crippen molar-refractivity contribution in [3.8, 4) is 11.1 Å². The van der Waals surface area contributed by atoms with Crippen LogP contribution in [0.5, 0.6) is 0 Å². The number of nitrogen functional groups attached to an aromatic ring is 1. The van der Waals surface area contributed by atoms with Gasteiger partial charge in [0, 0.05) is 5.69 Å². The van der Waals surface area contributed by atoms with Crippen molar-refractivity contribution < 1.29 is 0 Å². The SMILES string of the molecule is CC1(C)Cc2ccc(N)cc2-c2ccccc21.